The van der Waals surface area contributed by atoms with Crippen molar-refractivity contribution < 1.29 is 10.2 Å². The van der Waals surface area contributed by atoms with E-state index in [1.54, 1.807) is 4.90 Å². The van der Waals surface area contributed by atoms with Gasteiger partial charge in [-0.15, -0.1) is 0 Å². The minimum absolute atomic E-state index is 1.05. The lowest BCUT2D eigenvalue weighted by Crippen LogP contribution is -3.14. The van der Waals surface area contributed by atoms with Crippen molar-refractivity contribution >= 4 is 0 Å². The number of nitrogens with two attached hydrogens (primary N) is 1. The topological polar surface area (TPSA) is 33.9 Å². The van der Waals surface area contributed by atoms with Gasteiger partial charge in [0.1, 0.15) is 19.6 Å². The summed E-state index contributed by atoms with van der Waals surface area (Å²) in [6, 6.07) is 4.13. The fraction of sp³-hybridized carbons (Fsp3) is 0.583. The summed E-state index contributed by atoms with van der Waals surface area (Å²) >= 11 is 0. The third-order valence-electron chi connectivity index (χ3n) is 2.80. The van der Waals surface area contributed by atoms with Gasteiger partial charge in [0.25, 0.3) is 0 Å². The zero-order valence-electron chi connectivity index (χ0n) is 9.87. The second kappa shape index (κ2) is 7.37. The molecule has 84 valence electrons. The third-order valence-corrected chi connectivity index (χ3v) is 2.80. The second-order valence-electron chi connectivity index (χ2n) is 3.85. The Morgan fingerprint density at radius 2 is 2.13 bits per heavy atom. The summed E-state index contributed by atoms with van der Waals surface area (Å²) in [7, 11) is 0. The number of pyridine rings is 1. The Labute approximate surface area is 92.5 Å². The van der Waals surface area contributed by atoms with Crippen molar-refractivity contribution in [1.82, 2.24) is 4.98 Å². The van der Waals surface area contributed by atoms with Crippen molar-refractivity contribution in [2.24, 2.45) is 0 Å². The highest BCUT2D eigenvalue weighted by molar-refractivity contribution is 5.06. The monoisotopic (exact) mass is 209 g/mol. The van der Waals surface area contributed by atoms with E-state index in [9.17, 15) is 0 Å². The van der Waals surface area contributed by atoms with Gasteiger partial charge in [-0.2, -0.15) is 0 Å². The molecule has 0 radical (unpaired) electrons. The fourth-order valence-corrected chi connectivity index (χ4v) is 1.70. The number of hydrogen-bond acceptors (Lipinski definition) is 1. The Bertz CT molecular complexity index is 244. The first-order valence-electron chi connectivity index (χ1n) is 5.91. The molecular formula is C12H23N3+2. The highest BCUT2D eigenvalue weighted by Gasteiger charge is 2.02. The number of aromatic nitrogens is 1. The number of likely N-dealkylation sites (N-methyl/N-ethyl adjacent to an activating group) is 1. The maximum absolute atomic E-state index is 4.11. The van der Waals surface area contributed by atoms with E-state index >= 15 is 0 Å². The van der Waals surface area contributed by atoms with Gasteiger partial charge in [0.15, 0.2) is 0 Å². The highest BCUT2D eigenvalue weighted by atomic mass is 15.1. The molecule has 0 atom stereocenters. The molecule has 0 bridgehead atoms. The van der Waals surface area contributed by atoms with E-state index in [4.69, 9.17) is 0 Å². The Morgan fingerprint density at radius 1 is 1.33 bits per heavy atom. The van der Waals surface area contributed by atoms with E-state index in [-0.39, 0.29) is 0 Å². The summed E-state index contributed by atoms with van der Waals surface area (Å²) in [6.07, 6.45) is 3.77. The minimum Gasteiger partial charge on any atom is -0.338 e. The Hall–Kier alpha value is -0.930. The molecule has 15 heavy (non-hydrogen) atoms. The first kappa shape index (κ1) is 12.1. The first-order valence-corrected chi connectivity index (χ1v) is 5.91. The van der Waals surface area contributed by atoms with Crippen LogP contribution in [-0.2, 0) is 6.54 Å². The van der Waals surface area contributed by atoms with Gasteiger partial charge in [-0.05, 0) is 19.9 Å². The molecule has 0 unspecified atom stereocenters. The molecule has 0 fully saturated rings. The van der Waals surface area contributed by atoms with Gasteiger partial charge in [-0.3, -0.25) is 4.98 Å². The van der Waals surface area contributed by atoms with E-state index in [0.717, 1.165) is 6.54 Å². The van der Waals surface area contributed by atoms with Crippen molar-refractivity contribution in [1.29, 1.82) is 0 Å². The largest absolute Gasteiger partial charge is 0.338 e. The van der Waals surface area contributed by atoms with Crippen LogP contribution in [0.15, 0.2) is 24.5 Å². The Kier molecular flexibility index (Phi) is 5.97. The average molecular weight is 209 g/mol. The second-order valence-corrected chi connectivity index (χ2v) is 3.85. The zero-order chi connectivity index (χ0) is 10.9. The van der Waals surface area contributed by atoms with Crippen molar-refractivity contribution in [3.05, 3.63) is 30.1 Å². The van der Waals surface area contributed by atoms with Gasteiger partial charge in [-0.1, -0.05) is 6.07 Å². The van der Waals surface area contributed by atoms with Crippen LogP contribution in [0.5, 0.6) is 0 Å². The van der Waals surface area contributed by atoms with Crippen LogP contribution in [0, 0.1) is 0 Å². The van der Waals surface area contributed by atoms with E-state index in [2.05, 4.69) is 30.2 Å². The lowest BCUT2D eigenvalue weighted by Gasteiger charge is -2.13. The summed E-state index contributed by atoms with van der Waals surface area (Å²) in [5, 5.41) is 2.36. The van der Waals surface area contributed by atoms with Gasteiger partial charge < -0.3 is 10.2 Å². The van der Waals surface area contributed by atoms with Crippen LogP contribution in [-0.4, -0.2) is 31.2 Å². The van der Waals surface area contributed by atoms with E-state index in [1.165, 1.54) is 31.7 Å². The number of hydrogen-bond donors (Lipinski definition) is 2. The SMILES string of the molecule is CC[NH+](CC)CC[NH2+]Cc1cccnc1. The minimum atomic E-state index is 1.05. The van der Waals surface area contributed by atoms with Gasteiger partial charge in [0, 0.05) is 18.0 Å². The van der Waals surface area contributed by atoms with Crippen LogP contribution in [0.1, 0.15) is 19.4 Å². The molecule has 3 nitrogen and oxygen atoms in total. The van der Waals surface area contributed by atoms with Crippen molar-refractivity contribution in [2.45, 2.75) is 20.4 Å². The van der Waals surface area contributed by atoms with Crippen LogP contribution in [0.4, 0.5) is 0 Å². The van der Waals surface area contributed by atoms with E-state index in [0.29, 0.717) is 0 Å². The standard InChI is InChI=1S/C12H21N3/c1-3-15(4-2)9-8-14-11-12-6-5-7-13-10-12/h5-7,10,14H,3-4,8-9,11H2,1-2H3/p+2. The van der Waals surface area contributed by atoms with Crippen LogP contribution in [0.2, 0.25) is 0 Å². The van der Waals surface area contributed by atoms with Crippen molar-refractivity contribution in [3.8, 4) is 0 Å². The Morgan fingerprint density at radius 3 is 2.73 bits per heavy atom. The zero-order valence-corrected chi connectivity index (χ0v) is 9.87. The molecule has 0 saturated carbocycles. The predicted molar refractivity (Wildman–Crippen MR) is 61.6 cm³/mol. The van der Waals surface area contributed by atoms with Gasteiger partial charge in [-0.25, -0.2) is 0 Å². The number of nitrogens with one attached hydrogen (secondary N) is 1. The normalized spacial score (nSPS) is 10.9. The molecule has 0 aliphatic heterocycles. The molecule has 0 aliphatic rings. The van der Waals surface area contributed by atoms with Crippen LogP contribution < -0.4 is 10.2 Å². The third kappa shape index (κ3) is 4.91. The summed E-state index contributed by atoms with van der Waals surface area (Å²) < 4.78 is 0. The summed E-state index contributed by atoms with van der Waals surface area (Å²) in [5.41, 5.74) is 1.31. The molecule has 1 aromatic rings. The fourth-order valence-electron chi connectivity index (χ4n) is 1.70. The van der Waals surface area contributed by atoms with Crippen LogP contribution in [0.3, 0.4) is 0 Å². The quantitative estimate of drug-likeness (QED) is 0.559. The molecule has 3 N–H and O–H groups in total. The molecule has 1 rings (SSSR count). The van der Waals surface area contributed by atoms with Gasteiger partial charge in [0.05, 0.1) is 13.1 Å². The van der Waals surface area contributed by atoms with E-state index in [1.807, 2.05) is 18.5 Å². The molecule has 0 saturated heterocycles. The molecule has 3 heteroatoms. The van der Waals surface area contributed by atoms with Crippen LogP contribution >= 0.6 is 0 Å². The molecular weight excluding hydrogens is 186 g/mol. The maximum Gasteiger partial charge on any atom is 0.127 e. The highest BCUT2D eigenvalue weighted by Crippen LogP contribution is 1.90. The molecule has 0 aromatic carbocycles. The smallest absolute Gasteiger partial charge is 0.127 e. The Balaban J connectivity index is 2.12. The number of rotatable bonds is 7. The molecule has 1 heterocycles. The molecule has 1 aromatic heterocycles. The number of nitrogens with zero attached hydrogens (tertiary/aromatic N) is 1. The molecule has 0 aliphatic carbocycles. The van der Waals surface area contributed by atoms with Crippen molar-refractivity contribution in [3.63, 3.8) is 0 Å². The lowest BCUT2D eigenvalue weighted by molar-refractivity contribution is -0.910. The average Bonchev–Trinajstić information content (AvgIpc) is 2.31. The summed E-state index contributed by atoms with van der Waals surface area (Å²) in [6.45, 7) is 10.5. The summed E-state index contributed by atoms with van der Waals surface area (Å²) in [4.78, 5) is 5.78. The lowest BCUT2D eigenvalue weighted by atomic mass is 10.3. The summed E-state index contributed by atoms with van der Waals surface area (Å²) in [5.74, 6) is 0. The first-order chi connectivity index (χ1) is 7.36. The van der Waals surface area contributed by atoms with Gasteiger partial charge >= 0.3 is 0 Å². The van der Waals surface area contributed by atoms with Crippen LogP contribution in [0.25, 0.3) is 0 Å². The van der Waals surface area contributed by atoms with E-state index < -0.39 is 0 Å². The molecule has 0 amide bonds. The van der Waals surface area contributed by atoms with Gasteiger partial charge in [0.2, 0.25) is 0 Å². The predicted octanol–water partition coefficient (Wildman–Crippen LogP) is -0.930. The maximum atomic E-state index is 4.11. The molecule has 0 spiro atoms. The number of quaternary nitrogens is 2. The van der Waals surface area contributed by atoms with Crippen molar-refractivity contribution in [2.75, 3.05) is 26.2 Å².